The number of rotatable bonds is 4. The van der Waals surface area contributed by atoms with Crippen molar-refractivity contribution in [1.29, 1.82) is 0 Å². The molecule has 120 valence electrons. The molecule has 23 heavy (non-hydrogen) atoms. The summed E-state index contributed by atoms with van der Waals surface area (Å²) in [6, 6.07) is 9.67. The van der Waals surface area contributed by atoms with Crippen LogP contribution in [0.15, 0.2) is 52.1 Å². The van der Waals surface area contributed by atoms with E-state index in [-0.39, 0.29) is 11.9 Å². The van der Waals surface area contributed by atoms with Crippen molar-refractivity contribution in [3.05, 3.63) is 63.3 Å². The minimum atomic E-state index is 0.0188. The van der Waals surface area contributed by atoms with Crippen molar-refractivity contribution in [2.24, 2.45) is 0 Å². The summed E-state index contributed by atoms with van der Waals surface area (Å²) in [5.74, 6) is 0.828. The summed E-state index contributed by atoms with van der Waals surface area (Å²) >= 11 is 7.01. The van der Waals surface area contributed by atoms with E-state index >= 15 is 0 Å². The molecule has 0 unspecified atom stereocenters. The summed E-state index contributed by atoms with van der Waals surface area (Å²) in [4.78, 5) is 14.6. The Balaban J connectivity index is 1.89. The highest BCUT2D eigenvalue weighted by Crippen LogP contribution is 2.35. The lowest BCUT2D eigenvalue weighted by molar-refractivity contribution is 0.0672. The molecular formula is C17H16Br2N2O2. The molecule has 0 bridgehead atoms. The largest absolute Gasteiger partial charge is 0.497 e. The maximum Gasteiger partial charge on any atom is 0.270 e. The number of aromatic nitrogens is 1. The Kier molecular flexibility index (Phi) is 4.64. The predicted molar refractivity (Wildman–Crippen MR) is 96.8 cm³/mol. The van der Waals surface area contributed by atoms with Crippen molar-refractivity contribution in [1.82, 2.24) is 9.47 Å². The maximum atomic E-state index is 12.8. The molecule has 0 saturated carbocycles. The van der Waals surface area contributed by atoms with E-state index in [9.17, 15) is 4.79 Å². The van der Waals surface area contributed by atoms with Crippen LogP contribution in [0.1, 0.15) is 22.1 Å². The molecule has 2 aromatic rings. The average Bonchev–Trinajstić information content (AvgIpc) is 2.87. The number of carbonyl (C=O) groups excluding carboxylic acids is 1. The summed E-state index contributed by atoms with van der Waals surface area (Å²) < 4.78 is 8.89. The number of ether oxygens (including phenoxy) is 1. The molecule has 3 rings (SSSR count). The number of fused-ring (bicyclic) bond motifs is 1. The molecule has 1 aliphatic rings. The lowest BCUT2D eigenvalue weighted by Gasteiger charge is -2.33. The smallest absolute Gasteiger partial charge is 0.270 e. The van der Waals surface area contributed by atoms with Crippen LogP contribution < -0.4 is 4.74 Å². The molecule has 0 fully saturated rings. The minimum Gasteiger partial charge on any atom is -0.497 e. The first-order valence-electron chi connectivity index (χ1n) is 7.16. The molecule has 0 spiro atoms. The van der Waals surface area contributed by atoms with Crippen molar-refractivity contribution in [3.8, 4) is 5.75 Å². The number of carbonyl (C=O) groups is 1. The van der Waals surface area contributed by atoms with Crippen molar-refractivity contribution >= 4 is 37.8 Å². The van der Waals surface area contributed by atoms with Crippen LogP contribution in [0.2, 0.25) is 0 Å². The topological polar surface area (TPSA) is 34.5 Å². The Morgan fingerprint density at radius 1 is 1.35 bits per heavy atom. The molecule has 6 heteroatoms. The van der Waals surface area contributed by atoms with Gasteiger partial charge in [-0.3, -0.25) is 4.79 Å². The summed E-state index contributed by atoms with van der Waals surface area (Å²) in [5.41, 5.74) is 1.73. The van der Waals surface area contributed by atoms with Crippen LogP contribution in [-0.2, 0) is 6.54 Å². The predicted octanol–water partition coefficient (Wildman–Crippen LogP) is 4.40. The van der Waals surface area contributed by atoms with Crippen LogP contribution in [0.4, 0.5) is 0 Å². The number of benzene rings is 1. The number of methoxy groups -OCH3 is 1. The zero-order valence-electron chi connectivity index (χ0n) is 12.6. The van der Waals surface area contributed by atoms with Gasteiger partial charge in [0.1, 0.15) is 16.0 Å². The van der Waals surface area contributed by atoms with Crippen molar-refractivity contribution in [2.75, 3.05) is 13.7 Å². The van der Waals surface area contributed by atoms with E-state index in [1.54, 1.807) is 7.11 Å². The number of hydrogen-bond acceptors (Lipinski definition) is 2. The zero-order chi connectivity index (χ0) is 16.6. The molecule has 0 saturated heterocycles. The number of halogens is 2. The van der Waals surface area contributed by atoms with Crippen LogP contribution >= 0.6 is 31.9 Å². The van der Waals surface area contributed by atoms with E-state index in [4.69, 9.17) is 4.74 Å². The lowest BCUT2D eigenvalue weighted by Crippen LogP contribution is -2.41. The average molecular weight is 440 g/mol. The highest BCUT2D eigenvalue weighted by Gasteiger charge is 2.32. The van der Waals surface area contributed by atoms with E-state index in [1.165, 1.54) is 0 Å². The van der Waals surface area contributed by atoms with Gasteiger partial charge >= 0.3 is 0 Å². The second-order valence-corrected chi connectivity index (χ2v) is 6.98. The van der Waals surface area contributed by atoms with Crippen molar-refractivity contribution in [3.63, 3.8) is 0 Å². The normalized spacial score (nSPS) is 17.1. The Bertz CT molecular complexity index is 753. The lowest BCUT2D eigenvalue weighted by atomic mass is 10.1. The molecule has 1 amide bonds. The van der Waals surface area contributed by atoms with E-state index in [0.717, 1.165) is 20.4 Å². The van der Waals surface area contributed by atoms with Gasteiger partial charge in [0.2, 0.25) is 0 Å². The molecule has 4 nitrogen and oxygen atoms in total. The zero-order valence-corrected chi connectivity index (χ0v) is 15.8. The van der Waals surface area contributed by atoms with Crippen LogP contribution in [0.5, 0.6) is 5.75 Å². The van der Waals surface area contributed by atoms with Gasteiger partial charge in [-0.25, -0.2) is 0 Å². The second-order valence-electron chi connectivity index (χ2n) is 5.38. The van der Waals surface area contributed by atoms with Gasteiger partial charge in [-0.05, 0) is 55.6 Å². The van der Waals surface area contributed by atoms with Gasteiger partial charge in [0.15, 0.2) is 0 Å². The highest BCUT2D eigenvalue weighted by molar-refractivity contribution is 9.13. The van der Waals surface area contributed by atoms with Crippen LogP contribution in [-0.4, -0.2) is 29.0 Å². The maximum absolute atomic E-state index is 12.8. The number of nitrogens with zero attached hydrogens (tertiary/aromatic N) is 2. The van der Waals surface area contributed by atoms with Gasteiger partial charge in [-0.15, -0.1) is 6.58 Å². The molecule has 0 aliphatic carbocycles. The van der Waals surface area contributed by atoms with E-state index < -0.39 is 0 Å². The van der Waals surface area contributed by atoms with Gasteiger partial charge in [-0.2, -0.15) is 0 Å². The summed E-state index contributed by atoms with van der Waals surface area (Å²) in [6.07, 6.45) is 1.87. The highest BCUT2D eigenvalue weighted by atomic mass is 79.9. The molecule has 1 aromatic carbocycles. The molecule has 0 N–H and O–H groups in total. The Labute approximate surface area is 152 Å². The molecule has 1 atom stereocenters. The van der Waals surface area contributed by atoms with Gasteiger partial charge in [0.05, 0.1) is 17.6 Å². The quantitative estimate of drug-likeness (QED) is 0.661. The van der Waals surface area contributed by atoms with Gasteiger partial charge in [0.25, 0.3) is 5.91 Å². The number of amides is 1. The van der Waals surface area contributed by atoms with Gasteiger partial charge < -0.3 is 14.2 Å². The first kappa shape index (κ1) is 16.3. The Morgan fingerprint density at radius 3 is 2.65 bits per heavy atom. The first-order chi connectivity index (χ1) is 11.0. The van der Waals surface area contributed by atoms with Crippen molar-refractivity contribution in [2.45, 2.75) is 12.6 Å². The minimum absolute atomic E-state index is 0.0188. The third kappa shape index (κ3) is 2.97. The molecule has 1 aromatic heterocycles. The second kappa shape index (κ2) is 6.53. The summed E-state index contributed by atoms with van der Waals surface area (Å²) in [6.45, 7) is 5.07. The molecule has 1 aliphatic heterocycles. The van der Waals surface area contributed by atoms with Crippen molar-refractivity contribution < 1.29 is 9.53 Å². The Hall–Kier alpha value is -1.53. The molecular weight excluding hydrogens is 424 g/mol. The van der Waals surface area contributed by atoms with Crippen LogP contribution in [0, 0.1) is 0 Å². The standard InChI is InChI=1S/C17H16Br2N2O2/c1-3-12-10-20(9-11-4-6-13(23-2)7-5-11)17(22)15-8-14(18)16(19)21(12)15/h3-8,12H,1,9-10H2,2H3/t12-/m1/s1. The van der Waals surface area contributed by atoms with E-state index in [1.807, 2.05) is 45.9 Å². The third-order valence-corrected chi connectivity index (χ3v) is 5.93. The molecule has 0 radical (unpaired) electrons. The van der Waals surface area contributed by atoms with Gasteiger partial charge in [0, 0.05) is 13.1 Å². The van der Waals surface area contributed by atoms with E-state index in [2.05, 4.69) is 38.4 Å². The number of hydrogen-bond donors (Lipinski definition) is 0. The first-order valence-corrected chi connectivity index (χ1v) is 8.74. The fraction of sp³-hybridized carbons (Fsp3) is 0.235. The monoisotopic (exact) mass is 438 g/mol. The Morgan fingerprint density at radius 2 is 2.04 bits per heavy atom. The fourth-order valence-corrected chi connectivity index (χ4v) is 3.76. The van der Waals surface area contributed by atoms with Crippen LogP contribution in [0.3, 0.4) is 0 Å². The van der Waals surface area contributed by atoms with E-state index in [0.29, 0.717) is 18.8 Å². The fourth-order valence-electron chi connectivity index (χ4n) is 2.78. The summed E-state index contributed by atoms with van der Waals surface area (Å²) in [5, 5.41) is 0. The third-order valence-electron chi connectivity index (χ3n) is 3.98. The molecule has 2 heterocycles. The van der Waals surface area contributed by atoms with Crippen LogP contribution in [0.25, 0.3) is 0 Å². The SMILES string of the molecule is C=C[C@@H]1CN(Cc2ccc(OC)cc2)C(=O)c2cc(Br)c(Br)n21. The van der Waals surface area contributed by atoms with Gasteiger partial charge in [-0.1, -0.05) is 18.2 Å². The summed E-state index contributed by atoms with van der Waals surface area (Å²) in [7, 11) is 1.64.